The molecule has 6 heteroatoms. The molecule has 5 nitrogen and oxygen atoms in total. The molecule has 0 N–H and O–H groups in total. The first-order valence-electron chi connectivity index (χ1n) is 10.1. The first-order valence-corrected chi connectivity index (χ1v) is 10.5. The van der Waals surface area contributed by atoms with Crippen molar-refractivity contribution in [1.29, 1.82) is 0 Å². The summed E-state index contributed by atoms with van der Waals surface area (Å²) in [5.74, 6) is 1.56. The molecular weight excluding hydrogens is 428 g/mol. The summed E-state index contributed by atoms with van der Waals surface area (Å²) in [7, 11) is 3.13. The van der Waals surface area contributed by atoms with E-state index in [1.54, 1.807) is 44.6 Å². The zero-order valence-electron chi connectivity index (χ0n) is 18.3. The molecule has 0 fully saturated rings. The lowest BCUT2D eigenvalue weighted by Gasteiger charge is -2.15. The number of ether oxygens (including phenoxy) is 3. The number of hydrogen-bond donors (Lipinski definition) is 0. The Kier molecular flexibility index (Phi) is 6.10. The minimum atomic E-state index is -0.232. The van der Waals surface area contributed by atoms with Crippen LogP contribution in [0.1, 0.15) is 16.7 Å². The van der Waals surface area contributed by atoms with Gasteiger partial charge in [0, 0.05) is 10.6 Å². The number of aryl methyl sites for hydroxylation is 2. The van der Waals surface area contributed by atoms with Crippen LogP contribution in [0, 0.1) is 13.8 Å². The highest BCUT2D eigenvalue weighted by molar-refractivity contribution is 6.30. The van der Waals surface area contributed by atoms with Gasteiger partial charge in [-0.1, -0.05) is 29.8 Å². The van der Waals surface area contributed by atoms with Gasteiger partial charge in [0.15, 0.2) is 17.3 Å². The molecule has 32 heavy (non-hydrogen) atoms. The van der Waals surface area contributed by atoms with Crippen LogP contribution in [0.15, 0.2) is 63.8 Å². The Labute approximate surface area is 191 Å². The monoisotopic (exact) mass is 450 g/mol. The molecule has 0 spiro atoms. The molecule has 0 radical (unpaired) electrons. The molecular formula is C26H23ClO5. The van der Waals surface area contributed by atoms with Gasteiger partial charge < -0.3 is 18.6 Å². The van der Waals surface area contributed by atoms with E-state index in [1.807, 2.05) is 38.1 Å². The van der Waals surface area contributed by atoms with Gasteiger partial charge in [-0.05, 0) is 66.9 Å². The van der Waals surface area contributed by atoms with Crippen LogP contribution in [0.5, 0.6) is 17.2 Å². The predicted molar refractivity (Wildman–Crippen MR) is 126 cm³/mol. The number of methoxy groups -OCH3 is 2. The summed E-state index contributed by atoms with van der Waals surface area (Å²) in [6.45, 7) is 4.03. The van der Waals surface area contributed by atoms with Crippen LogP contribution < -0.4 is 19.6 Å². The van der Waals surface area contributed by atoms with E-state index in [4.69, 9.17) is 30.2 Å². The second kappa shape index (κ2) is 8.97. The second-order valence-corrected chi connectivity index (χ2v) is 7.97. The molecule has 1 aromatic heterocycles. The van der Waals surface area contributed by atoms with Gasteiger partial charge in [0.25, 0.3) is 0 Å². The molecule has 0 saturated carbocycles. The molecule has 4 rings (SSSR count). The van der Waals surface area contributed by atoms with Crippen LogP contribution in [-0.4, -0.2) is 14.2 Å². The van der Waals surface area contributed by atoms with E-state index in [-0.39, 0.29) is 17.8 Å². The van der Waals surface area contributed by atoms with E-state index >= 15 is 0 Å². The Morgan fingerprint density at radius 3 is 2.44 bits per heavy atom. The zero-order chi connectivity index (χ0) is 22.8. The summed E-state index contributed by atoms with van der Waals surface area (Å²) in [5, 5.41) is 1.08. The minimum Gasteiger partial charge on any atom is -0.493 e. The summed E-state index contributed by atoms with van der Waals surface area (Å²) in [6.07, 6.45) is 0. The highest BCUT2D eigenvalue weighted by atomic mass is 35.5. The third-order valence-electron chi connectivity index (χ3n) is 5.20. The van der Waals surface area contributed by atoms with Crippen molar-refractivity contribution in [3.63, 3.8) is 0 Å². The van der Waals surface area contributed by atoms with Crippen molar-refractivity contribution in [2.75, 3.05) is 14.2 Å². The predicted octanol–water partition coefficient (Wildman–Crippen LogP) is 6.33. The lowest BCUT2D eigenvalue weighted by Crippen LogP contribution is -2.11. The lowest BCUT2D eigenvalue weighted by molar-refractivity contribution is 0.297. The van der Waals surface area contributed by atoms with Gasteiger partial charge in [0.05, 0.1) is 19.6 Å². The molecule has 0 saturated heterocycles. The highest BCUT2D eigenvalue weighted by Gasteiger charge is 2.20. The van der Waals surface area contributed by atoms with Gasteiger partial charge in [0.2, 0.25) is 11.2 Å². The van der Waals surface area contributed by atoms with Crippen molar-refractivity contribution in [3.05, 3.63) is 86.5 Å². The number of fused-ring (bicyclic) bond motifs is 1. The van der Waals surface area contributed by atoms with E-state index in [0.717, 1.165) is 16.7 Å². The van der Waals surface area contributed by atoms with Crippen molar-refractivity contribution in [2.24, 2.45) is 0 Å². The van der Waals surface area contributed by atoms with Gasteiger partial charge in [-0.2, -0.15) is 0 Å². The van der Waals surface area contributed by atoms with E-state index < -0.39 is 0 Å². The third-order valence-corrected chi connectivity index (χ3v) is 5.43. The maximum Gasteiger partial charge on any atom is 0.235 e. The molecule has 4 aromatic rings. The molecule has 0 unspecified atom stereocenters. The van der Waals surface area contributed by atoms with Crippen LogP contribution >= 0.6 is 11.6 Å². The second-order valence-electron chi connectivity index (χ2n) is 7.54. The van der Waals surface area contributed by atoms with E-state index in [1.165, 1.54) is 0 Å². The van der Waals surface area contributed by atoms with Gasteiger partial charge in [0.1, 0.15) is 12.2 Å². The average molecular weight is 451 g/mol. The van der Waals surface area contributed by atoms with Gasteiger partial charge >= 0.3 is 0 Å². The SMILES string of the molecule is COc1ccc(-c2oc3c(C)cc(C)cc3c(=O)c2OCc2cccc(Cl)c2)cc1OC. The molecule has 3 aromatic carbocycles. The molecule has 0 amide bonds. The summed E-state index contributed by atoms with van der Waals surface area (Å²) in [6, 6.07) is 16.4. The summed E-state index contributed by atoms with van der Waals surface area (Å²) in [4.78, 5) is 13.5. The largest absolute Gasteiger partial charge is 0.493 e. The van der Waals surface area contributed by atoms with Crippen LogP contribution in [0.4, 0.5) is 0 Å². The van der Waals surface area contributed by atoms with Crippen LogP contribution in [-0.2, 0) is 6.61 Å². The smallest absolute Gasteiger partial charge is 0.235 e. The maximum absolute atomic E-state index is 13.5. The van der Waals surface area contributed by atoms with Crippen LogP contribution in [0.2, 0.25) is 5.02 Å². The van der Waals surface area contributed by atoms with Gasteiger partial charge in [-0.25, -0.2) is 0 Å². The van der Waals surface area contributed by atoms with E-state index in [0.29, 0.717) is 38.8 Å². The van der Waals surface area contributed by atoms with Crippen molar-refractivity contribution >= 4 is 22.6 Å². The van der Waals surface area contributed by atoms with Crippen molar-refractivity contribution < 1.29 is 18.6 Å². The molecule has 0 aliphatic heterocycles. The topological polar surface area (TPSA) is 57.9 Å². The summed E-state index contributed by atoms with van der Waals surface area (Å²) < 4.78 is 23.1. The molecule has 1 heterocycles. The fraction of sp³-hybridized carbons (Fsp3) is 0.192. The number of benzene rings is 3. The lowest BCUT2D eigenvalue weighted by atomic mass is 10.0. The fourth-order valence-corrected chi connectivity index (χ4v) is 3.93. The van der Waals surface area contributed by atoms with Crippen LogP contribution in [0.3, 0.4) is 0 Å². The first kappa shape index (κ1) is 21.8. The van der Waals surface area contributed by atoms with Crippen molar-refractivity contribution in [3.8, 4) is 28.6 Å². The molecule has 164 valence electrons. The molecule has 0 atom stereocenters. The number of rotatable bonds is 6. The summed E-state index contributed by atoms with van der Waals surface area (Å²) >= 11 is 6.10. The highest BCUT2D eigenvalue weighted by Crippen LogP contribution is 2.37. The molecule has 0 aliphatic carbocycles. The first-order chi connectivity index (χ1) is 15.4. The average Bonchev–Trinajstić information content (AvgIpc) is 2.78. The third kappa shape index (κ3) is 4.16. The Bertz CT molecular complexity index is 1360. The molecule has 0 aliphatic rings. The standard InChI is InChI=1S/C26H23ClO5/c1-15-10-16(2)24-20(11-15)23(28)26(31-14-17-6-5-7-19(27)12-17)25(32-24)18-8-9-21(29-3)22(13-18)30-4/h5-13H,14H2,1-4H3. The quantitative estimate of drug-likeness (QED) is 0.343. The maximum atomic E-state index is 13.5. The zero-order valence-corrected chi connectivity index (χ0v) is 19.1. The Morgan fingerprint density at radius 2 is 1.72 bits per heavy atom. The van der Waals surface area contributed by atoms with Crippen LogP contribution in [0.25, 0.3) is 22.3 Å². The van der Waals surface area contributed by atoms with E-state index in [2.05, 4.69) is 0 Å². The van der Waals surface area contributed by atoms with E-state index in [9.17, 15) is 4.79 Å². The Hall–Kier alpha value is -3.44. The molecule has 0 bridgehead atoms. The Balaban J connectivity index is 1.91. The van der Waals surface area contributed by atoms with Crippen molar-refractivity contribution in [2.45, 2.75) is 20.5 Å². The summed E-state index contributed by atoms with van der Waals surface area (Å²) in [5.41, 5.74) is 3.63. The number of halogens is 1. The van der Waals surface area contributed by atoms with Gasteiger partial charge in [-0.3, -0.25) is 4.79 Å². The Morgan fingerprint density at radius 1 is 0.938 bits per heavy atom. The van der Waals surface area contributed by atoms with Gasteiger partial charge in [-0.15, -0.1) is 0 Å². The van der Waals surface area contributed by atoms with Crippen molar-refractivity contribution in [1.82, 2.24) is 0 Å². The fourth-order valence-electron chi connectivity index (χ4n) is 3.71. The number of hydrogen-bond acceptors (Lipinski definition) is 5. The normalized spacial score (nSPS) is 10.9. The minimum absolute atomic E-state index is 0.134.